The van der Waals surface area contributed by atoms with Crippen molar-refractivity contribution in [1.82, 2.24) is 0 Å². The molecule has 0 aliphatic heterocycles. The molecule has 0 spiro atoms. The predicted octanol–water partition coefficient (Wildman–Crippen LogP) is 6.14. The Morgan fingerprint density at radius 1 is 1.00 bits per heavy atom. The molecule has 0 saturated carbocycles. The lowest BCUT2D eigenvalue weighted by Gasteiger charge is -2.21. The number of sulfonamides is 1. The highest BCUT2D eigenvalue weighted by Crippen LogP contribution is 2.30. The summed E-state index contributed by atoms with van der Waals surface area (Å²) in [6.45, 7) is 1.89. The van der Waals surface area contributed by atoms with Crippen LogP contribution in [0.1, 0.15) is 15.9 Å². The maximum Gasteiger partial charge on any atom is 0.264 e. The number of nitrogens with one attached hydrogen (secondary N) is 1. The summed E-state index contributed by atoms with van der Waals surface area (Å²) in [5, 5.41) is 3.17. The molecule has 30 heavy (non-hydrogen) atoms. The van der Waals surface area contributed by atoms with Crippen LogP contribution in [0, 0.1) is 6.92 Å². The third-order valence-corrected chi connectivity index (χ3v) is 7.75. The standard InChI is InChI=1S/C21H17BrCl2N2O3S/c1-13-11-14(7-9-17(13)22)25-21(27)16-12-15(8-10-18(16)23)30(28,29)26(2)20-6-4-3-5-19(20)24/h3-12H,1-2H3,(H,25,27). The van der Waals surface area contributed by atoms with Crippen molar-refractivity contribution in [3.05, 3.63) is 86.3 Å². The van der Waals surface area contributed by atoms with E-state index in [1.807, 2.05) is 13.0 Å². The SMILES string of the molecule is Cc1cc(NC(=O)c2cc(S(=O)(=O)N(C)c3ccccc3Cl)ccc2Cl)ccc1Br. The van der Waals surface area contributed by atoms with Crippen LogP contribution in [-0.2, 0) is 10.0 Å². The molecule has 1 amide bonds. The number of amides is 1. The summed E-state index contributed by atoms with van der Waals surface area (Å²) in [6.07, 6.45) is 0. The molecule has 0 aliphatic rings. The molecule has 3 aromatic rings. The fourth-order valence-electron chi connectivity index (χ4n) is 2.75. The summed E-state index contributed by atoms with van der Waals surface area (Å²) in [5.74, 6) is -0.515. The maximum absolute atomic E-state index is 13.1. The minimum atomic E-state index is -3.97. The zero-order valence-electron chi connectivity index (χ0n) is 16.0. The van der Waals surface area contributed by atoms with Crippen LogP contribution in [0.25, 0.3) is 0 Å². The molecule has 0 unspecified atom stereocenters. The topological polar surface area (TPSA) is 66.5 Å². The normalized spacial score (nSPS) is 11.2. The molecule has 0 aromatic heterocycles. The van der Waals surface area contributed by atoms with Crippen molar-refractivity contribution in [2.75, 3.05) is 16.7 Å². The van der Waals surface area contributed by atoms with Gasteiger partial charge in [-0.3, -0.25) is 9.10 Å². The molecule has 1 N–H and O–H groups in total. The number of carbonyl (C=O) groups is 1. The number of hydrogen-bond donors (Lipinski definition) is 1. The van der Waals surface area contributed by atoms with E-state index in [1.54, 1.807) is 36.4 Å². The average Bonchev–Trinajstić information content (AvgIpc) is 2.70. The molecule has 3 rings (SSSR count). The van der Waals surface area contributed by atoms with Gasteiger partial charge in [0.25, 0.3) is 15.9 Å². The molecule has 0 saturated heterocycles. The van der Waals surface area contributed by atoms with Crippen molar-refractivity contribution in [2.45, 2.75) is 11.8 Å². The Bertz CT molecular complexity index is 1230. The van der Waals surface area contributed by atoms with E-state index in [0.29, 0.717) is 16.4 Å². The molecule has 0 radical (unpaired) electrons. The number of anilines is 2. The summed E-state index contributed by atoms with van der Waals surface area (Å²) >= 11 is 15.7. The molecule has 5 nitrogen and oxygen atoms in total. The number of rotatable bonds is 5. The summed E-state index contributed by atoms with van der Waals surface area (Å²) in [6, 6.07) is 15.9. The van der Waals surface area contributed by atoms with Gasteiger partial charge < -0.3 is 5.32 Å². The van der Waals surface area contributed by atoms with E-state index in [-0.39, 0.29) is 15.5 Å². The van der Waals surface area contributed by atoms with E-state index in [2.05, 4.69) is 21.2 Å². The molecule has 0 atom stereocenters. The summed E-state index contributed by atoms with van der Waals surface area (Å²) in [5.41, 5.74) is 1.88. The van der Waals surface area contributed by atoms with Gasteiger partial charge >= 0.3 is 0 Å². The molecule has 9 heteroatoms. The number of hydrogen-bond acceptors (Lipinski definition) is 3. The van der Waals surface area contributed by atoms with Crippen molar-refractivity contribution in [1.29, 1.82) is 0 Å². The molecule has 156 valence electrons. The first-order valence-electron chi connectivity index (χ1n) is 8.72. The Labute approximate surface area is 193 Å². The van der Waals surface area contributed by atoms with Crippen LogP contribution in [0.4, 0.5) is 11.4 Å². The van der Waals surface area contributed by atoms with Crippen molar-refractivity contribution >= 4 is 66.4 Å². The zero-order valence-corrected chi connectivity index (χ0v) is 19.9. The largest absolute Gasteiger partial charge is 0.322 e. The van der Waals surface area contributed by atoms with E-state index < -0.39 is 15.9 Å². The van der Waals surface area contributed by atoms with Crippen LogP contribution >= 0.6 is 39.1 Å². The van der Waals surface area contributed by atoms with Crippen molar-refractivity contribution in [3.63, 3.8) is 0 Å². The number of halogens is 3. The van der Waals surface area contributed by atoms with E-state index in [1.165, 1.54) is 25.2 Å². The summed E-state index contributed by atoms with van der Waals surface area (Å²) < 4.78 is 28.2. The minimum absolute atomic E-state index is 0.0471. The second-order valence-corrected chi connectivity index (χ2v) is 10.1. The van der Waals surface area contributed by atoms with E-state index >= 15 is 0 Å². The highest BCUT2D eigenvalue weighted by Gasteiger charge is 2.25. The smallest absolute Gasteiger partial charge is 0.264 e. The van der Waals surface area contributed by atoms with Crippen LogP contribution in [0.2, 0.25) is 10.0 Å². The molecule has 3 aromatic carbocycles. The summed E-state index contributed by atoms with van der Waals surface area (Å²) in [7, 11) is -2.57. The van der Waals surface area contributed by atoms with E-state index in [0.717, 1.165) is 14.3 Å². The highest BCUT2D eigenvalue weighted by molar-refractivity contribution is 9.10. The monoisotopic (exact) mass is 526 g/mol. The van der Waals surface area contributed by atoms with Crippen LogP contribution < -0.4 is 9.62 Å². The average molecular weight is 528 g/mol. The van der Waals surface area contributed by atoms with E-state index in [4.69, 9.17) is 23.2 Å². The van der Waals surface area contributed by atoms with Gasteiger partial charge in [0.05, 0.1) is 26.2 Å². The second kappa shape index (κ2) is 8.98. The van der Waals surface area contributed by atoms with Gasteiger partial charge in [0.2, 0.25) is 0 Å². The van der Waals surface area contributed by atoms with E-state index in [9.17, 15) is 13.2 Å². The van der Waals surface area contributed by atoms with Crippen molar-refractivity contribution < 1.29 is 13.2 Å². The number of carbonyl (C=O) groups excluding carboxylic acids is 1. The van der Waals surface area contributed by atoms with Crippen LogP contribution in [0.3, 0.4) is 0 Å². The van der Waals surface area contributed by atoms with Crippen LogP contribution in [0.15, 0.2) is 70.0 Å². The minimum Gasteiger partial charge on any atom is -0.322 e. The fraction of sp³-hybridized carbons (Fsp3) is 0.0952. The maximum atomic E-state index is 13.1. The van der Waals surface area contributed by atoms with Gasteiger partial charge in [0.1, 0.15) is 0 Å². The Balaban J connectivity index is 1.95. The van der Waals surface area contributed by atoms with Gasteiger partial charge in [-0.25, -0.2) is 8.42 Å². The molecular weight excluding hydrogens is 511 g/mol. The summed E-state index contributed by atoms with van der Waals surface area (Å²) in [4.78, 5) is 12.7. The lowest BCUT2D eigenvalue weighted by molar-refractivity contribution is 0.102. The Morgan fingerprint density at radius 2 is 1.70 bits per heavy atom. The Morgan fingerprint density at radius 3 is 2.37 bits per heavy atom. The van der Waals surface area contributed by atoms with Crippen molar-refractivity contribution in [3.8, 4) is 0 Å². The second-order valence-electron chi connectivity index (χ2n) is 6.48. The van der Waals surface area contributed by atoms with Gasteiger partial charge in [-0.05, 0) is 61.0 Å². The van der Waals surface area contributed by atoms with Gasteiger partial charge in [0.15, 0.2) is 0 Å². The first-order chi connectivity index (χ1) is 14.1. The lowest BCUT2D eigenvalue weighted by atomic mass is 10.2. The third kappa shape index (κ3) is 4.64. The van der Waals surface area contributed by atoms with Gasteiger partial charge in [-0.15, -0.1) is 0 Å². The highest BCUT2D eigenvalue weighted by atomic mass is 79.9. The fourth-order valence-corrected chi connectivity index (χ4v) is 4.76. The number of aryl methyl sites for hydroxylation is 1. The Kier molecular flexibility index (Phi) is 6.77. The lowest BCUT2D eigenvalue weighted by Crippen LogP contribution is -2.27. The Hall–Kier alpha value is -2.06. The van der Waals surface area contributed by atoms with Crippen LogP contribution in [-0.4, -0.2) is 21.4 Å². The first-order valence-corrected chi connectivity index (χ1v) is 11.7. The number of para-hydroxylation sites is 1. The van der Waals surface area contributed by atoms with Gasteiger partial charge in [-0.2, -0.15) is 0 Å². The molecular formula is C21H17BrCl2N2O3S. The van der Waals surface area contributed by atoms with Crippen molar-refractivity contribution in [2.24, 2.45) is 0 Å². The number of benzene rings is 3. The quantitative estimate of drug-likeness (QED) is 0.433. The molecule has 0 aliphatic carbocycles. The molecule has 0 fully saturated rings. The third-order valence-electron chi connectivity index (χ3n) is 4.45. The predicted molar refractivity (Wildman–Crippen MR) is 125 cm³/mol. The molecule has 0 bridgehead atoms. The number of nitrogens with zero attached hydrogens (tertiary/aromatic N) is 1. The van der Waals surface area contributed by atoms with Gasteiger partial charge in [0, 0.05) is 17.2 Å². The van der Waals surface area contributed by atoms with Gasteiger partial charge in [-0.1, -0.05) is 51.3 Å². The first kappa shape index (κ1) is 22.6. The zero-order chi connectivity index (χ0) is 22.1. The molecule has 0 heterocycles. The van der Waals surface area contributed by atoms with Crippen LogP contribution in [0.5, 0.6) is 0 Å².